The Labute approximate surface area is 125 Å². The third-order valence-corrected chi connectivity index (χ3v) is 3.85. The van der Waals surface area contributed by atoms with Crippen LogP contribution in [0.4, 0.5) is 11.4 Å². The number of piperidine rings is 1. The first-order valence-corrected chi connectivity index (χ1v) is 7.42. The van der Waals surface area contributed by atoms with Crippen LogP contribution in [0.5, 0.6) is 5.75 Å². The highest BCUT2D eigenvalue weighted by molar-refractivity contribution is 5.61. The minimum absolute atomic E-state index is 0.0706. The molecule has 2 atom stereocenters. The molecule has 1 aliphatic rings. The molecule has 1 heterocycles. The van der Waals surface area contributed by atoms with Crippen molar-refractivity contribution in [2.45, 2.75) is 44.7 Å². The van der Waals surface area contributed by atoms with E-state index in [1.54, 1.807) is 13.2 Å². The first kappa shape index (κ1) is 15.6. The molecule has 0 bridgehead atoms. The van der Waals surface area contributed by atoms with Crippen LogP contribution in [0.15, 0.2) is 18.2 Å². The Hall–Kier alpha value is -1.82. The molecule has 0 spiro atoms. The standard InChI is InChI=1S/C15H23N3O3/c1-11(9-12-5-3-4-8-16-12)17-14-10-13(18(19)20)6-7-15(14)21-2/h6-7,10-12,16-17H,3-5,8-9H2,1-2H3. The highest BCUT2D eigenvalue weighted by Gasteiger charge is 2.18. The second-order valence-electron chi connectivity index (χ2n) is 5.57. The van der Waals surface area contributed by atoms with Gasteiger partial charge < -0.3 is 15.4 Å². The molecule has 6 heteroatoms. The lowest BCUT2D eigenvalue weighted by Crippen LogP contribution is -2.37. The first-order valence-electron chi connectivity index (χ1n) is 7.42. The maximum Gasteiger partial charge on any atom is 0.271 e. The van der Waals surface area contributed by atoms with Crippen LogP contribution < -0.4 is 15.4 Å². The Bertz CT molecular complexity index is 487. The average molecular weight is 293 g/mol. The van der Waals surface area contributed by atoms with Crippen LogP contribution in [0.1, 0.15) is 32.6 Å². The summed E-state index contributed by atoms with van der Waals surface area (Å²) in [6, 6.07) is 5.36. The van der Waals surface area contributed by atoms with E-state index in [0.717, 1.165) is 13.0 Å². The Kier molecular flexibility index (Phi) is 5.38. The zero-order valence-corrected chi connectivity index (χ0v) is 12.6. The number of hydrogen-bond acceptors (Lipinski definition) is 5. The molecular weight excluding hydrogens is 270 g/mol. The van der Waals surface area contributed by atoms with Crippen LogP contribution in [-0.2, 0) is 0 Å². The molecule has 0 aromatic heterocycles. The number of nitro benzene ring substituents is 1. The zero-order chi connectivity index (χ0) is 15.2. The molecule has 1 fully saturated rings. The van der Waals surface area contributed by atoms with Crippen LogP contribution in [0.2, 0.25) is 0 Å². The van der Waals surface area contributed by atoms with Gasteiger partial charge in [-0.05, 0) is 38.8 Å². The molecule has 2 unspecified atom stereocenters. The van der Waals surface area contributed by atoms with Crippen LogP contribution in [0, 0.1) is 10.1 Å². The Morgan fingerprint density at radius 1 is 1.52 bits per heavy atom. The van der Waals surface area contributed by atoms with E-state index in [2.05, 4.69) is 17.6 Å². The normalized spacial score (nSPS) is 19.8. The second kappa shape index (κ2) is 7.26. The smallest absolute Gasteiger partial charge is 0.271 e. The lowest BCUT2D eigenvalue weighted by molar-refractivity contribution is -0.384. The maximum absolute atomic E-state index is 10.9. The van der Waals surface area contributed by atoms with Crippen molar-refractivity contribution in [2.24, 2.45) is 0 Å². The number of nitrogens with one attached hydrogen (secondary N) is 2. The minimum Gasteiger partial charge on any atom is -0.495 e. The summed E-state index contributed by atoms with van der Waals surface area (Å²) in [7, 11) is 1.57. The Balaban J connectivity index is 2.02. The molecule has 6 nitrogen and oxygen atoms in total. The predicted molar refractivity (Wildman–Crippen MR) is 83.0 cm³/mol. The molecular formula is C15H23N3O3. The summed E-state index contributed by atoms with van der Waals surface area (Å²) in [5.41, 5.74) is 0.747. The first-order chi connectivity index (χ1) is 10.1. The van der Waals surface area contributed by atoms with Crippen molar-refractivity contribution in [1.29, 1.82) is 0 Å². The van der Waals surface area contributed by atoms with Crippen molar-refractivity contribution in [1.82, 2.24) is 5.32 Å². The number of benzene rings is 1. The quantitative estimate of drug-likeness (QED) is 0.623. The third kappa shape index (κ3) is 4.32. The van der Waals surface area contributed by atoms with Gasteiger partial charge in [-0.15, -0.1) is 0 Å². The van der Waals surface area contributed by atoms with E-state index in [1.165, 1.54) is 31.4 Å². The number of hydrogen-bond donors (Lipinski definition) is 2. The van der Waals surface area contributed by atoms with Crippen molar-refractivity contribution in [2.75, 3.05) is 19.0 Å². The lowest BCUT2D eigenvalue weighted by atomic mass is 9.98. The minimum atomic E-state index is -0.391. The topological polar surface area (TPSA) is 76.4 Å². The van der Waals surface area contributed by atoms with Gasteiger partial charge in [-0.25, -0.2) is 0 Å². The van der Waals surface area contributed by atoms with E-state index in [4.69, 9.17) is 4.74 Å². The van der Waals surface area contributed by atoms with Gasteiger partial charge in [-0.1, -0.05) is 6.42 Å². The van der Waals surface area contributed by atoms with Gasteiger partial charge in [-0.3, -0.25) is 10.1 Å². The molecule has 0 radical (unpaired) electrons. The maximum atomic E-state index is 10.9. The van der Waals surface area contributed by atoms with E-state index >= 15 is 0 Å². The highest BCUT2D eigenvalue weighted by Crippen LogP contribution is 2.30. The van der Waals surface area contributed by atoms with E-state index in [-0.39, 0.29) is 11.7 Å². The molecule has 0 aliphatic carbocycles. The van der Waals surface area contributed by atoms with Gasteiger partial charge >= 0.3 is 0 Å². The van der Waals surface area contributed by atoms with Crippen LogP contribution in [0.3, 0.4) is 0 Å². The van der Waals surface area contributed by atoms with Gasteiger partial charge in [0.05, 0.1) is 17.7 Å². The molecule has 1 aromatic carbocycles. The molecule has 2 N–H and O–H groups in total. The fourth-order valence-electron chi connectivity index (χ4n) is 2.80. The lowest BCUT2D eigenvalue weighted by Gasteiger charge is -2.27. The number of rotatable bonds is 6. The number of non-ortho nitro benzene ring substituents is 1. The van der Waals surface area contributed by atoms with E-state index in [0.29, 0.717) is 17.5 Å². The zero-order valence-electron chi connectivity index (χ0n) is 12.6. The summed E-state index contributed by atoms with van der Waals surface area (Å²) >= 11 is 0. The molecule has 1 aromatic rings. The molecule has 1 saturated heterocycles. The highest BCUT2D eigenvalue weighted by atomic mass is 16.6. The molecule has 2 rings (SSSR count). The largest absolute Gasteiger partial charge is 0.495 e. The van der Waals surface area contributed by atoms with Gasteiger partial charge in [0.15, 0.2) is 0 Å². The van der Waals surface area contributed by atoms with Gasteiger partial charge in [0, 0.05) is 24.2 Å². The van der Waals surface area contributed by atoms with Crippen molar-refractivity contribution >= 4 is 11.4 Å². The molecule has 21 heavy (non-hydrogen) atoms. The summed E-state index contributed by atoms with van der Waals surface area (Å²) in [6.07, 6.45) is 4.70. The number of nitrogens with zero attached hydrogens (tertiary/aromatic N) is 1. The average Bonchev–Trinajstić information content (AvgIpc) is 2.48. The number of ether oxygens (including phenoxy) is 1. The number of anilines is 1. The van der Waals surface area contributed by atoms with Gasteiger partial charge in [0.25, 0.3) is 5.69 Å². The van der Waals surface area contributed by atoms with Crippen molar-refractivity contribution in [3.8, 4) is 5.75 Å². The number of nitro groups is 1. The monoisotopic (exact) mass is 293 g/mol. The van der Waals surface area contributed by atoms with Crippen LogP contribution in [0.25, 0.3) is 0 Å². The van der Waals surface area contributed by atoms with Gasteiger partial charge in [-0.2, -0.15) is 0 Å². The van der Waals surface area contributed by atoms with Crippen LogP contribution >= 0.6 is 0 Å². The van der Waals surface area contributed by atoms with Crippen molar-refractivity contribution < 1.29 is 9.66 Å². The van der Waals surface area contributed by atoms with Crippen LogP contribution in [-0.4, -0.2) is 30.7 Å². The fourth-order valence-corrected chi connectivity index (χ4v) is 2.80. The van der Waals surface area contributed by atoms with Gasteiger partial charge in [0.1, 0.15) is 5.75 Å². The second-order valence-corrected chi connectivity index (χ2v) is 5.57. The van der Waals surface area contributed by atoms with Gasteiger partial charge in [0.2, 0.25) is 0 Å². The Morgan fingerprint density at radius 2 is 2.33 bits per heavy atom. The summed E-state index contributed by atoms with van der Waals surface area (Å²) in [5.74, 6) is 0.629. The van der Waals surface area contributed by atoms with E-state index in [1.807, 2.05) is 0 Å². The molecule has 0 amide bonds. The van der Waals surface area contributed by atoms with E-state index in [9.17, 15) is 10.1 Å². The van der Waals surface area contributed by atoms with Crippen molar-refractivity contribution in [3.05, 3.63) is 28.3 Å². The summed E-state index contributed by atoms with van der Waals surface area (Å²) in [4.78, 5) is 10.5. The van der Waals surface area contributed by atoms with E-state index < -0.39 is 4.92 Å². The summed E-state index contributed by atoms with van der Waals surface area (Å²) in [6.45, 7) is 3.17. The Morgan fingerprint density at radius 3 is 2.95 bits per heavy atom. The molecule has 1 aliphatic heterocycles. The summed E-state index contributed by atoms with van der Waals surface area (Å²) < 4.78 is 5.27. The number of methoxy groups -OCH3 is 1. The molecule has 116 valence electrons. The fraction of sp³-hybridized carbons (Fsp3) is 0.600. The van der Waals surface area contributed by atoms with Crippen molar-refractivity contribution in [3.63, 3.8) is 0 Å². The SMILES string of the molecule is COc1ccc([N+](=O)[O-])cc1NC(C)CC1CCCCN1. The predicted octanol–water partition coefficient (Wildman–Crippen LogP) is 2.94. The summed E-state index contributed by atoms with van der Waals surface area (Å²) in [5, 5.41) is 17.7. The third-order valence-electron chi connectivity index (χ3n) is 3.85. The molecule has 0 saturated carbocycles.